The number of ether oxygens (including phenoxy) is 1. The summed E-state index contributed by atoms with van der Waals surface area (Å²) in [6, 6.07) is 4.21. The van der Waals surface area contributed by atoms with E-state index in [2.05, 4.69) is 55.5 Å². The van der Waals surface area contributed by atoms with Crippen molar-refractivity contribution in [2.75, 3.05) is 20.2 Å². The van der Waals surface area contributed by atoms with Crippen molar-refractivity contribution in [3.05, 3.63) is 32.4 Å². The summed E-state index contributed by atoms with van der Waals surface area (Å²) in [5, 5.41) is 11.8. The number of rotatable bonds is 6. The van der Waals surface area contributed by atoms with Crippen LogP contribution < -0.4 is 5.32 Å². The van der Waals surface area contributed by atoms with Crippen molar-refractivity contribution in [2.45, 2.75) is 39.0 Å². The van der Waals surface area contributed by atoms with Crippen molar-refractivity contribution in [2.24, 2.45) is 12.0 Å². The van der Waals surface area contributed by atoms with Gasteiger partial charge in [-0.1, -0.05) is 0 Å². The molecule has 0 spiro atoms. The van der Waals surface area contributed by atoms with Crippen molar-refractivity contribution >= 4 is 57.2 Å². The van der Waals surface area contributed by atoms with Crippen molar-refractivity contribution < 1.29 is 4.74 Å². The molecule has 1 aliphatic rings. The number of aryl methyl sites for hydroxylation is 1. The maximum Gasteiger partial charge on any atom is 0.194 e. The molecule has 7 nitrogen and oxygen atoms in total. The first-order valence-corrected chi connectivity index (χ1v) is 10.3. The van der Waals surface area contributed by atoms with E-state index in [1.165, 1.54) is 4.88 Å². The first kappa shape index (κ1) is 22.6. The van der Waals surface area contributed by atoms with Gasteiger partial charge < -0.3 is 19.5 Å². The van der Waals surface area contributed by atoms with E-state index in [0.29, 0.717) is 6.54 Å². The van der Waals surface area contributed by atoms with Crippen LogP contribution in [0.25, 0.3) is 0 Å². The molecule has 1 fully saturated rings. The standard InChI is InChI=1S/C17H25BrN6OS.HI/c1-12-21-22-16(24(12)3)10-20-17(19-9-13-5-4-8-25-13)23(2)11-14-6-7-15(18)26-14;/h6-7,13H,4-5,8-11H2,1-3H3,(H,19,20);1H. The number of aliphatic imine (C=N–C) groups is 1. The third-order valence-corrected chi connectivity index (χ3v) is 6.06. The van der Waals surface area contributed by atoms with Gasteiger partial charge in [0.05, 0.1) is 16.4 Å². The van der Waals surface area contributed by atoms with Crippen LogP contribution in [0.2, 0.25) is 0 Å². The van der Waals surface area contributed by atoms with Crippen LogP contribution in [0.5, 0.6) is 0 Å². The molecule has 2 aromatic heterocycles. The molecular formula is C17H26BrIN6OS. The third-order valence-electron chi connectivity index (χ3n) is 4.45. The Hall–Kier alpha value is -0.720. The molecule has 0 bridgehead atoms. The molecule has 1 unspecified atom stereocenters. The van der Waals surface area contributed by atoms with E-state index >= 15 is 0 Å². The Labute approximate surface area is 189 Å². The van der Waals surface area contributed by atoms with E-state index in [1.54, 1.807) is 11.3 Å². The summed E-state index contributed by atoms with van der Waals surface area (Å²) in [4.78, 5) is 8.19. The fourth-order valence-corrected chi connectivity index (χ4v) is 4.34. The van der Waals surface area contributed by atoms with Gasteiger partial charge in [-0.2, -0.15) is 0 Å². The molecule has 3 heterocycles. The van der Waals surface area contributed by atoms with Crippen molar-refractivity contribution in [1.29, 1.82) is 0 Å². The second-order valence-electron chi connectivity index (χ2n) is 6.44. The number of thiophene rings is 1. The Morgan fingerprint density at radius 3 is 2.89 bits per heavy atom. The predicted octanol–water partition coefficient (Wildman–Crippen LogP) is 3.32. The van der Waals surface area contributed by atoms with Crippen LogP contribution in [0.4, 0.5) is 0 Å². The first-order valence-electron chi connectivity index (χ1n) is 8.73. The quantitative estimate of drug-likeness (QED) is 0.329. The summed E-state index contributed by atoms with van der Waals surface area (Å²) in [6.07, 6.45) is 2.50. The van der Waals surface area contributed by atoms with Crippen LogP contribution in [0.3, 0.4) is 0 Å². The summed E-state index contributed by atoms with van der Waals surface area (Å²) < 4.78 is 8.83. The lowest BCUT2D eigenvalue weighted by molar-refractivity contribution is 0.113. The molecule has 2 aromatic rings. The highest BCUT2D eigenvalue weighted by molar-refractivity contribution is 14.0. The largest absolute Gasteiger partial charge is 0.376 e. The van der Waals surface area contributed by atoms with Crippen LogP contribution in [0.15, 0.2) is 20.9 Å². The van der Waals surface area contributed by atoms with Crippen LogP contribution in [-0.2, 0) is 24.9 Å². The molecule has 0 saturated carbocycles. The molecule has 0 aromatic carbocycles. The maximum absolute atomic E-state index is 5.72. The zero-order valence-electron chi connectivity index (χ0n) is 15.8. The van der Waals surface area contributed by atoms with E-state index in [-0.39, 0.29) is 30.1 Å². The Bertz CT molecular complexity index is 758. The van der Waals surface area contributed by atoms with Gasteiger partial charge in [-0.3, -0.25) is 0 Å². The lowest BCUT2D eigenvalue weighted by Crippen LogP contribution is -2.41. The van der Waals surface area contributed by atoms with Crippen LogP contribution in [0, 0.1) is 6.92 Å². The highest BCUT2D eigenvalue weighted by Crippen LogP contribution is 2.23. The number of nitrogens with zero attached hydrogens (tertiary/aromatic N) is 5. The van der Waals surface area contributed by atoms with Gasteiger partial charge in [0.25, 0.3) is 0 Å². The Morgan fingerprint density at radius 1 is 1.48 bits per heavy atom. The second-order valence-corrected chi connectivity index (χ2v) is 8.99. The molecule has 0 amide bonds. The molecule has 1 N–H and O–H groups in total. The van der Waals surface area contributed by atoms with E-state index in [9.17, 15) is 0 Å². The number of aromatic nitrogens is 3. The SMILES string of the molecule is Cc1nnc(CN=C(NCC2CCCO2)N(C)Cc2ccc(Br)s2)n1C.I. The van der Waals surface area contributed by atoms with Crippen LogP contribution in [-0.4, -0.2) is 51.9 Å². The number of nitrogens with one attached hydrogen (secondary N) is 1. The number of guanidine groups is 1. The molecule has 0 radical (unpaired) electrons. The molecule has 27 heavy (non-hydrogen) atoms. The van der Waals surface area contributed by atoms with Crippen LogP contribution in [0.1, 0.15) is 29.4 Å². The molecule has 3 rings (SSSR count). The monoisotopic (exact) mass is 568 g/mol. The van der Waals surface area contributed by atoms with Crippen LogP contribution >= 0.6 is 51.2 Å². The average Bonchev–Trinajstić information content (AvgIpc) is 3.33. The fraction of sp³-hybridized carbons (Fsp3) is 0.588. The van der Waals surface area contributed by atoms with Crippen molar-refractivity contribution in [3.8, 4) is 0 Å². The Balaban J connectivity index is 0.00000261. The number of hydrogen-bond acceptors (Lipinski definition) is 5. The van der Waals surface area contributed by atoms with Gasteiger partial charge in [0.2, 0.25) is 0 Å². The van der Waals surface area contributed by atoms with Gasteiger partial charge in [-0.05, 0) is 47.8 Å². The molecular weight excluding hydrogens is 543 g/mol. The van der Waals surface area contributed by atoms with Gasteiger partial charge >= 0.3 is 0 Å². The highest BCUT2D eigenvalue weighted by Gasteiger charge is 2.17. The topological polar surface area (TPSA) is 67.6 Å². The molecule has 150 valence electrons. The minimum absolute atomic E-state index is 0. The van der Waals surface area contributed by atoms with Gasteiger partial charge in [-0.25, -0.2) is 4.99 Å². The predicted molar refractivity (Wildman–Crippen MR) is 123 cm³/mol. The molecule has 10 heteroatoms. The third kappa shape index (κ3) is 6.40. The molecule has 1 saturated heterocycles. The summed E-state index contributed by atoms with van der Waals surface area (Å²) >= 11 is 5.26. The minimum atomic E-state index is 0. The van der Waals surface area contributed by atoms with Crippen molar-refractivity contribution in [3.63, 3.8) is 0 Å². The summed E-state index contributed by atoms with van der Waals surface area (Å²) in [5.41, 5.74) is 0. The zero-order valence-corrected chi connectivity index (χ0v) is 20.5. The van der Waals surface area contributed by atoms with E-state index in [4.69, 9.17) is 9.73 Å². The number of hydrogen-bond donors (Lipinski definition) is 1. The van der Waals surface area contributed by atoms with E-state index in [0.717, 1.165) is 53.9 Å². The smallest absolute Gasteiger partial charge is 0.194 e. The van der Waals surface area contributed by atoms with Gasteiger partial charge in [-0.15, -0.1) is 45.5 Å². The maximum atomic E-state index is 5.72. The number of halogens is 2. The second kappa shape index (κ2) is 10.7. The zero-order chi connectivity index (χ0) is 18.5. The van der Waals surface area contributed by atoms with Gasteiger partial charge in [0, 0.05) is 32.1 Å². The lowest BCUT2D eigenvalue weighted by Gasteiger charge is -2.23. The lowest BCUT2D eigenvalue weighted by atomic mass is 10.2. The molecule has 1 aliphatic heterocycles. The molecule has 0 aliphatic carbocycles. The van der Waals surface area contributed by atoms with Gasteiger partial charge in [0.15, 0.2) is 11.8 Å². The normalized spacial score (nSPS) is 17.0. The minimum Gasteiger partial charge on any atom is -0.376 e. The summed E-state index contributed by atoms with van der Waals surface area (Å²) in [5.74, 6) is 2.60. The van der Waals surface area contributed by atoms with E-state index in [1.807, 2.05) is 18.5 Å². The molecule has 1 atom stereocenters. The summed E-state index contributed by atoms with van der Waals surface area (Å²) in [6.45, 7) is 4.86. The van der Waals surface area contributed by atoms with Gasteiger partial charge in [0.1, 0.15) is 12.4 Å². The summed E-state index contributed by atoms with van der Waals surface area (Å²) in [7, 11) is 4.02. The fourth-order valence-electron chi connectivity index (χ4n) is 2.80. The first-order chi connectivity index (χ1) is 12.5. The Kier molecular flexibility index (Phi) is 8.96. The van der Waals surface area contributed by atoms with Crippen molar-refractivity contribution in [1.82, 2.24) is 25.0 Å². The van der Waals surface area contributed by atoms with E-state index < -0.39 is 0 Å². The average molecular weight is 569 g/mol. The Morgan fingerprint density at radius 2 is 2.30 bits per heavy atom. The highest BCUT2D eigenvalue weighted by atomic mass is 127.